The zero-order valence-electron chi connectivity index (χ0n) is 28.4. The first-order chi connectivity index (χ1) is 22.1. The van der Waals surface area contributed by atoms with Gasteiger partial charge in [-0.3, -0.25) is 19.6 Å². The number of halogens is 2. The van der Waals surface area contributed by atoms with Crippen LogP contribution in [0.1, 0.15) is 63.8 Å². The van der Waals surface area contributed by atoms with Gasteiger partial charge in [0.15, 0.2) is 0 Å². The molecule has 0 bridgehead atoms. The van der Waals surface area contributed by atoms with Crippen LogP contribution in [0.4, 0.5) is 4.79 Å². The summed E-state index contributed by atoms with van der Waals surface area (Å²) in [5.41, 5.74) is 1.34. The molecular weight excluding hydrogens is 635 g/mol. The lowest BCUT2D eigenvalue weighted by molar-refractivity contribution is -0.148. The fourth-order valence-electron chi connectivity index (χ4n) is 6.60. The van der Waals surface area contributed by atoms with Gasteiger partial charge in [-0.1, -0.05) is 74.3 Å². The van der Waals surface area contributed by atoms with Crippen LogP contribution in [0.15, 0.2) is 71.7 Å². The smallest absolute Gasteiger partial charge is 0.326 e. The minimum atomic E-state index is -1.06. The Kier molecular flexibility index (Phi) is 9.71. The molecule has 0 aromatic heterocycles. The van der Waals surface area contributed by atoms with E-state index in [2.05, 4.69) is 26.8 Å². The number of amidine groups is 1. The fourth-order valence-corrected chi connectivity index (χ4v) is 6.85. The molecule has 3 aromatic rings. The van der Waals surface area contributed by atoms with Gasteiger partial charge < -0.3 is 14.4 Å². The number of likely N-dealkylation sites (N-methyl/N-ethyl adjacent to an activating group) is 1. The summed E-state index contributed by atoms with van der Waals surface area (Å²) >= 11 is 12.8. The van der Waals surface area contributed by atoms with Crippen molar-refractivity contribution < 1.29 is 19.1 Å². The Balaban J connectivity index is 1.78. The van der Waals surface area contributed by atoms with Gasteiger partial charge in [-0.2, -0.15) is 0 Å². The summed E-state index contributed by atoms with van der Waals surface area (Å²) in [7, 11) is 3.24. The Morgan fingerprint density at radius 2 is 1.53 bits per heavy atom. The van der Waals surface area contributed by atoms with Gasteiger partial charge in [0, 0.05) is 29.7 Å². The van der Waals surface area contributed by atoms with Crippen molar-refractivity contribution in [2.24, 2.45) is 4.99 Å². The topological polar surface area (TPSA) is 74.7 Å². The van der Waals surface area contributed by atoms with E-state index in [4.69, 9.17) is 37.7 Å². The van der Waals surface area contributed by atoms with Crippen molar-refractivity contribution >= 4 is 41.0 Å². The highest BCUT2D eigenvalue weighted by Gasteiger charge is 2.60. The molecule has 2 aliphatic rings. The number of ether oxygens (including phenoxy) is 2. The molecular formula is C37H44Cl2N4O4. The van der Waals surface area contributed by atoms with E-state index in [0.29, 0.717) is 46.9 Å². The number of amides is 2. The van der Waals surface area contributed by atoms with Gasteiger partial charge in [0.25, 0.3) is 0 Å². The molecule has 0 spiro atoms. The number of methoxy groups -OCH3 is 1. The van der Waals surface area contributed by atoms with Crippen molar-refractivity contribution in [1.82, 2.24) is 14.7 Å². The highest BCUT2D eigenvalue weighted by Crippen LogP contribution is 2.54. The van der Waals surface area contributed by atoms with E-state index in [1.165, 1.54) is 7.11 Å². The minimum absolute atomic E-state index is 0.129. The number of esters is 1. The number of carbonyl (C=O) groups is 2. The quantitative estimate of drug-likeness (QED) is 0.253. The van der Waals surface area contributed by atoms with E-state index < -0.39 is 17.1 Å². The molecule has 1 fully saturated rings. The van der Waals surface area contributed by atoms with E-state index in [1.54, 1.807) is 9.80 Å². The third-order valence-electron chi connectivity index (χ3n) is 9.72. The Hall–Kier alpha value is -3.59. The van der Waals surface area contributed by atoms with Gasteiger partial charge >= 0.3 is 12.0 Å². The van der Waals surface area contributed by atoms with Crippen LogP contribution in [-0.4, -0.2) is 79.0 Å². The molecule has 47 heavy (non-hydrogen) atoms. The molecule has 2 aliphatic heterocycles. The number of hydrogen-bond donors (Lipinski definition) is 0. The van der Waals surface area contributed by atoms with Crippen molar-refractivity contribution in [2.45, 2.75) is 64.1 Å². The van der Waals surface area contributed by atoms with E-state index in [0.717, 1.165) is 16.7 Å². The maximum absolute atomic E-state index is 15.2. The molecule has 3 atom stereocenters. The van der Waals surface area contributed by atoms with Crippen LogP contribution in [0, 0.1) is 0 Å². The van der Waals surface area contributed by atoms with Crippen molar-refractivity contribution in [3.8, 4) is 5.75 Å². The maximum atomic E-state index is 15.2. The number of benzene rings is 3. The molecule has 5 rings (SSSR count). The van der Waals surface area contributed by atoms with Crippen LogP contribution in [0.25, 0.3) is 0 Å². The molecule has 10 heteroatoms. The van der Waals surface area contributed by atoms with Crippen molar-refractivity contribution in [2.75, 3.05) is 40.4 Å². The summed E-state index contributed by atoms with van der Waals surface area (Å²) in [4.78, 5) is 38.9. The zero-order valence-corrected chi connectivity index (χ0v) is 29.9. The molecule has 0 saturated carbocycles. The van der Waals surface area contributed by atoms with Crippen molar-refractivity contribution in [3.63, 3.8) is 0 Å². The van der Waals surface area contributed by atoms with Gasteiger partial charge in [-0.05, 0) is 86.3 Å². The molecule has 2 amide bonds. The van der Waals surface area contributed by atoms with E-state index in [-0.39, 0.29) is 24.0 Å². The summed E-state index contributed by atoms with van der Waals surface area (Å²) < 4.78 is 11.4. The Labute approximate surface area is 288 Å². The molecule has 1 saturated heterocycles. The third kappa shape index (κ3) is 6.23. The monoisotopic (exact) mass is 678 g/mol. The first kappa shape index (κ1) is 34.7. The van der Waals surface area contributed by atoms with Crippen LogP contribution in [-0.2, 0) is 26.0 Å². The summed E-state index contributed by atoms with van der Waals surface area (Å²) in [6.45, 7) is 14.0. The Morgan fingerprint density at radius 3 is 2.09 bits per heavy atom. The predicted molar refractivity (Wildman–Crippen MR) is 188 cm³/mol. The number of piperazine rings is 1. The number of urea groups is 1. The van der Waals surface area contributed by atoms with Gasteiger partial charge in [-0.15, -0.1) is 0 Å². The first-order valence-electron chi connectivity index (χ1n) is 15.9. The lowest BCUT2D eigenvalue weighted by Gasteiger charge is -2.48. The normalized spacial score (nSPS) is 23.4. The van der Waals surface area contributed by atoms with Gasteiger partial charge in [-0.25, -0.2) is 4.79 Å². The maximum Gasteiger partial charge on any atom is 0.326 e. The number of hydrogen-bond acceptors (Lipinski definition) is 6. The standard InChI is InChI=1S/C37H44Cl2N4O4/c1-9-47-31-22-26(35(2,3)4)14-19-29(31)32-40-36(5,24-10-15-27(38)16-11-24)37(6,25-12-17-28(39)18-13-25)43(32)34(45)42-21-20-41(7)30(23-42)33(44)46-8/h10-19,22,30H,9,20-21,23H2,1-8H3/t30?,36-,37+/m0/s1. The largest absolute Gasteiger partial charge is 0.493 e. The summed E-state index contributed by atoms with van der Waals surface area (Å²) in [5, 5.41) is 1.18. The van der Waals surface area contributed by atoms with E-state index in [1.807, 2.05) is 93.4 Å². The van der Waals surface area contributed by atoms with Crippen molar-refractivity contribution in [3.05, 3.63) is 99.0 Å². The fraction of sp³-hybridized carbons (Fsp3) is 0.432. The summed E-state index contributed by atoms with van der Waals surface area (Å²) in [6, 6.07) is 20.4. The number of rotatable bonds is 6. The van der Waals surface area contributed by atoms with Crippen LogP contribution in [0.5, 0.6) is 5.75 Å². The van der Waals surface area contributed by atoms with E-state index in [9.17, 15) is 4.79 Å². The second-order valence-corrected chi connectivity index (χ2v) is 14.4. The predicted octanol–water partition coefficient (Wildman–Crippen LogP) is 7.49. The Bertz CT molecular complexity index is 1670. The summed E-state index contributed by atoms with van der Waals surface area (Å²) in [5.74, 6) is 0.728. The lowest BCUT2D eigenvalue weighted by Crippen LogP contribution is -2.63. The van der Waals surface area contributed by atoms with Gasteiger partial charge in [0.1, 0.15) is 28.7 Å². The molecule has 250 valence electrons. The second-order valence-electron chi connectivity index (χ2n) is 13.6. The van der Waals surface area contributed by atoms with Crippen LogP contribution in [0.3, 0.4) is 0 Å². The molecule has 1 unspecified atom stereocenters. The van der Waals surface area contributed by atoms with Gasteiger partial charge in [0.05, 0.1) is 19.3 Å². The molecule has 3 aromatic carbocycles. The number of carbonyl (C=O) groups excluding carboxylic acids is 2. The molecule has 8 nitrogen and oxygen atoms in total. The van der Waals surface area contributed by atoms with Crippen LogP contribution >= 0.6 is 23.2 Å². The SMILES string of the molecule is CCOc1cc(C(C)(C)C)ccc1C1=N[C@@](C)(c2ccc(Cl)cc2)[C@@](C)(c2ccc(Cl)cc2)N1C(=O)N1CCN(C)C(C(=O)OC)C1. The Morgan fingerprint density at radius 1 is 0.936 bits per heavy atom. The average Bonchev–Trinajstić information content (AvgIpc) is 3.28. The van der Waals surface area contributed by atoms with Crippen LogP contribution < -0.4 is 4.74 Å². The number of aliphatic imine (C=N–C) groups is 1. The molecule has 0 aliphatic carbocycles. The lowest BCUT2D eigenvalue weighted by atomic mass is 9.71. The van der Waals surface area contributed by atoms with Gasteiger partial charge in [0.2, 0.25) is 0 Å². The first-order valence-corrected chi connectivity index (χ1v) is 16.7. The zero-order chi connectivity index (χ0) is 34.3. The third-order valence-corrected chi connectivity index (χ3v) is 10.2. The van der Waals surface area contributed by atoms with E-state index >= 15 is 4.79 Å². The molecule has 2 heterocycles. The van der Waals surface area contributed by atoms with Crippen LogP contribution in [0.2, 0.25) is 10.0 Å². The average molecular weight is 680 g/mol. The minimum Gasteiger partial charge on any atom is -0.493 e. The molecule has 0 N–H and O–H groups in total. The second kappa shape index (κ2) is 13.1. The molecule has 0 radical (unpaired) electrons. The van der Waals surface area contributed by atoms with Crippen molar-refractivity contribution in [1.29, 1.82) is 0 Å². The summed E-state index contributed by atoms with van der Waals surface area (Å²) in [6.07, 6.45) is 0. The highest BCUT2D eigenvalue weighted by molar-refractivity contribution is 6.30. The number of nitrogens with zero attached hydrogens (tertiary/aromatic N) is 4. The highest BCUT2D eigenvalue weighted by atomic mass is 35.5.